The molecule has 0 aromatic heterocycles. The summed E-state index contributed by atoms with van der Waals surface area (Å²) in [6.45, 7) is 10.0. The van der Waals surface area contributed by atoms with Crippen LogP contribution in [0.15, 0.2) is 24.3 Å². The van der Waals surface area contributed by atoms with Gasteiger partial charge in [0.05, 0.1) is 19.8 Å². The maximum Gasteiger partial charge on any atom is 0.242 e. The topological polar surface area (TPSA) is 32.8 Å². The average Bonchev–Trinajstić information content (AvgIpc) is 2.52. The fourth-order valence-corrected chi connectivity index (χ4v) is 3.79. The van der Waals surface area contributed by atoms with Gasteiger partial charge in [-0.25, -0.2) is 0 Å². The number of fused-ring (bicyclic) bond motifs is 1. The monoisotopic (exact) mass is 302 g/mol. The summed E-state index contributed by atoms with van der Waals surface area (Å²) < 4.78 is 5.34. The Balaban J connectivity index is 1.82. The molecule has 120 valence electrons. The van der Waals surface area contributed by atoms with Crippen LogP contribution in [-0.2, 0) is 14.9 Å². The molecule has 0 N–H and O–H groups in total. The molecule has 0 bridgehead atoms. The standard InChI is InChI=1S/C18H26N2O2/c1-14-12-18(2,3)15-6-4-5-7-16(15)20(14)13-17(21)19-8-10-22-11-9-19/h4-7,14H,8-13H2,1-3H3/t14-/m1/s1. The van der Waals surface area contributed by atoms with Crippen molar-refractivity contribution in [3.05, 3.63) is 29.8 Å². The van der Waals surface area contributed by atoms with Crippen LogP contribution in [0.3, 0.4) is 0 Å². The van der Waals surface area contributed by atoms with Crippen LogP contribution in [0.2, 0.25) is 0 Å². The van der Waals surface area contributed by atoms with Gasteiger partial charge in [-0.1, -0.05) is 32.0 Å². The summed E-state index contributed by atoms with van der Waals surface area (Å²) in [4.78, 5) is 16.8. The highest BCUT2D eigenvalue weighted by atomic mass is 16.5. The van der Waals surface area contributed by atoms with Crippen LogP contribution in [0.4, 0.5) is 5.69 Å². The van der Waals surface area contributed by atoms with E-state index in [4.69, 9.17) is 4.74 Å². The molecule has 1 saturated heterocycles. The van der Waals surface area contributed by atoms with Crippen molar-refractivity contribution in [2.24, 2.45) is 0 Å². The molecule has 0 spiro atoms. The highest BCUT2D eigenvalue weighted by Gasteiger charge is 2.36. The quantitative estimate of drug-likeness (QED) is 0.841. The van der Waals surface area contributed by atoms with Crippen LogP contribution in [0.25, 0.3) is 0 Å². The largest absolute Gasteiger partial charge is 0.378 e. The lowest BCUT2D eigenvalue weighted by Crippen LogP contribution is -2.51. The summed E-state index contributed by atoms with van der Waals surface area (Å²) in [6, 6.07) is 8.89. The third-order valence-corrected chi connectivity index (χ3v) is 4.95. The predicted molar refractivity (Wildman–Crippen MR) is 88.3 cm³/mol. The van der Waals surface area contributed by atoms with Gasteiger partial charge in [-0.05, 0) is 30.4 Å². The third kappa shape index (κ3) is 2.84. The molecule has 4 heteroatoms. The first kappa shape index (κ1) is 15.3. The van der Waals surface area contributed by atoms with Crippen molar-refractivity contribution in [2.45, 2.75) is 38.6 Å². The highest BCUT2D eigenvalue weighted by molar-refractivity contribution is 5.82. The lowest BCUT2D eigenvalue weighted by atomic mass is 9.75. The van der Waals surface area contributed by atoms with Gasteiger partial charge in [0.2, 0.25) is 5.91 Å². The van der Waals surface area contributed by atoms with Gasteiger partial charge < -0.3 is 14.5 Å². The van der Waals surface area contributed by atoms with Crippen LogP contribution < -0.4 is 4.90 Å². The third-order valence-electron chi connectivity index (χ3n) is 4.95. The smallest absolute Gasteiger partial charge is 0.242 e. The molecule has 3 rings (SSSR count). The molecule has 2 aliphatic rings. The molecule has 1 aromatic rings. The van der Waals surface area contributed by atoms with Gasteiger partial charge in [-0.3, -0.25) is 4.79 Å². The second-order valence-corrected chi connectivity index (χ2v) is 7.08. The minimum absolute atomic E-state index is 0.161. The number of ether oxygens (including phenoxy) is 1. The number of carbonyl (C=O) groups is 1. The number of anilines is 1. The zero-order chi connectivity index (χ0) is 15.7. The Morgan fingerprint density at radius 3 is 2.68 bits per heavy atom. The number of para-hydroxylation sites is 1. The van der Waals surface area contributed by atoms with Gasteiger partial charge in [0.25, 0.3) is 0 Å². The Morgan fingerprint density at radius 2 is 1.95 bits per heavy atom. The molecule has 0 aliphatic carbocycles. The summed E-state index contributed by atoms with van der Waals surface area (Å²) in [6.07, 6.45) is 1.07. The number of morpholine rings is 1. The number of hydrogen-bond donors (Lipinski definition) is 0. The Labute approximate surface area is 133 Å². The van der Waals surface area contributed by atoms with Crippen molar-refractivity contribution in [3.8, 4) is 0 Å². The van der Waals surface area contributed by atoms with Crippen LogP contribution >= 0.6 is 0 Å². The number of hydrogen-bond acceptors (Lipinski definition) is 3. The van der Waals surface area contributed by atoms with Crippen molar-refractivity contribution in [1.82, 2.24) is 4.90 Å². The van der Waals surface area contributed by atoms with Gasteiger partial charge in [0.15, 0.2) is 0 Å². The van der Waals surface area contributed by atoms with E-state index in [9.17, 15) is 4.79 Å². The maximum absolute atomic E-state index is 12.6. The van der Waals surface area contributed by atoms with Crippen LogP contribution in [0.1, 0.15) is 32.8 Å². The molecule has 1 aromatic carbocycles. The van der Waals surface area contributed by atoms with E-state index in [1.807, 2.05) is 4.90 Å². The number of amides is 1. The first-order valence-corrected chi connectivity index (χ1v) is 8.21. The van der Waals surface area contributed by atoms with E-state index in [1.54, 1.807) is 0 Å². The fourth-order valence-electron chi connectivity index (χ4n) is 3.79. The van der Waals surface area contributed by atoms with E-state index >= 15 is 0 Å². The molecular weight excluding hydrogens is 276 g/mol. The van der Waals surface area contributed by atoms with Gasteiger partial charge in [-0.15, -0.1) is 0 Å². The van der Waals surface area contributed by atoms with E-state index in [2.05, 4.69) is 49.9 Å². The first-order valence-electron chi connectivity index (χ1n) is 8.21. The van der Waals surface area contributed by atoms with Crippen molar-refractivity contribution < 1.29 is 9.53 Å². The molecule has 22 heavy (non-hydrogen) atoms. The molecule has 1 atom stereocenters. The summed E-state index contributed by atoms with van der Waals surface area (Å²) in [5, 5.41) is 0. The first-order chi connectivity index (χ1) is 10.5. The molecule has 1 amide bonds. The lowest BCUT2D eigenvalue weighted by Gasteiger charge is -2.45. The minimum Gasteiger partial charge on any atom is -0.378 e. The van der Waals surface area contributed by atoms with Crippen molar-refractivity contribution >= 4 is 11.6 Å². The molecule has 0 radical (unpaired) electrons. The molecule has 4 nitrogen and oxygen atoms in total. The molecule has 0 saturated carbocycles. The van der Waals surface area contributed by atoms with E-state index in [0.29, 0.717) is 38.9 Å². The predicted octanol–water partition coefficient (Wildman–Crippen LogP) is 2.42. The normalized spacial score (nSPS) is 24.0. The molecular formula is C18H26N2O2. The second-order valence-electron chi connectivity index (χ2n) is 7.08. The minimum atomic E-state index is 0.161. The van der Waals surface area contributed by atoms with Gasteiger partial charge >= 0.3 is 0 Å². The van der Waals surface area contributed by atoms with Crippen molar-refractivity contribution in [1.29, 1.82) is 0 Å². The van der Waals surface area contributed by atoms with E-state index in [-0.39, 0.29) is 11.3 Å². The van der Waals surface area contributed by atoms with E-state index in [0.717, 1.165) is 6.42 Å². The zero-order valence-corrected chi connectivity index (χ0v) is 13.8. The van der Waals surface area contributed by atoms with Crippen LogP contribution in [0.5, 0.6) is 0 Å². The van der Waals surface area contributed by atoms with Crippen LogP contribution in [-0.4, -0.2) is 49.7 Å². The number of nitrogens with zero attached hydrogens (tertiary/aromatic N) is 2. The second kappa shape index (κ2) is 5.92. The van der Waals surface area contributed by atoms with Crippen molar-refractivity contribution in [3.63, 3.8) is 0 Å². The van der Waals surface area contributed by atoms with Gasteiger partial charge in [0, 0.05) is 24.8 Å². The van der Waals surface area contributed by atoms with Gasteiger partial charge in [0.1, 0.15) is 0 Å². The fraction of sp³-hybridized carbons (Fsp3) is 0.611. The number of rotatable bonds is 2. The lowest BCUT2D eigenvalue weighted by molar-refractivity contribution is -0.133. The average molecular weight is 302 g/mol. The number of benzene rings is 1. The van der Waals surface area contributed by atoms with Crippen molar-refractivity contribution in [2.75, 3.05) is 37.7 Å². The van der Waals surface area contributed by atoms with E-state index in [1.165, 1.54) is 11.3 Å². The Bertz CT molecular complexity index is 550. The maximum atomic E-state index is 12.6. The Kier molecular flexibility index (Phi) is 4.13. The molecule has 1 fully saturated rings. The zero-order valence-electron chi connectivity index (χ0n) is 13.8. The SMILES string of the molecule is C[C@@H]1CC(C)(C)c2ccccc2N1CC(=O)N1CCOCC1. The summed E-state index contributed by atoms with van der Waals surface area (Å²) in [5.41, 5.74) is 2.73. The van der Waals surface area contributed by atoms with Crippen LogP contribution in [0, 0.1) is 0 Å². The molecule has 2 aliphatic heterocycles. The van der Waals surface area contributed by atoms with E-state index < -0.39 is 0 Å². The van der Waals surface area contributed by atoms with Gasteiger partial charge in [-0.2, -0.15) is 0 Å². The summed E-state index contributed by atoms with van der Waals surface area (Å²) >= 11 is 0. The summed E-state index contributed by atoms with van der Waals surface area (Å²) in [7, 11) is 0. The number of carbonyl (C=O) groups excluding carboxylic acids is 1. The summed E-state index contributed by atoms with van der Waals surface area (Å²) in [5.74, 6) is 0.213. The Morgan fingerprint density at radius 1 is 1.27 bits per heavy atom. The Hall–Kier alpha value is -1.55. The molecule has 2 heterocycles. The molecule has 0 unspecified atom stereocenters. The highest BCUT2D eigenvalue weighted by Crippen LogP contribution is 2.42.